The van der Waals surface area contributed by atoms with Crippen LogP contribution in [0.3, 0.4) is 0 Å². The van der Waals surface area contributed by atoms with Crippen molar-refractivity contribution in [3.63, 3.8) is 0 Å². The Kier molecular flexibility index (Phi) is 6.25. The van der Waals surface area contributed by atoms with E-state index < -0.39 is 6.10 Å². The minimum atomic E-state index is -0.522. The zero-order valence-electron chi connectivity index (χ0n) is 13.0. The van der Waals surface area contributed by atoms with Gasteiger partial charge >= 0.3 is 0 Å². The average Bonchev–Trinajstić information content (AvgIpc) is 2.55. The van der Waals surface area contributed by atoms with Gasteiger partial charge in [0.1, 0.15) is 0 Å². The molecule has 0 saturated carbocycles. The van der Waals surface area contributed by atoms with Crippen molar-refractivity contribution in [1.82, 2.24) is 5.32 Å². The van der Waals surface area contributed by atoms with Crippen LogP contribution in [0, 0.1) is 0 Å². The molecular formula is C18H23ClN2O. The minimum absolute atomic E-state index is 0.140. The van der Waals surface area contributed by atoms with Crippen molar-refractivity contribution in [2.45, 2.75) is 19.1 Å². The van der Waals surface area contributed by atoms with Gasteiger partial charge in [0, 0.05) is 24.3 Å². The van der Waals surface area contributed by atoms with Gasteiger partial charge in [-0.25, -0.2) is 0 Å². The second kappa shape index (κ2) is 8.18. The van der Waals surface area contributed by atoms with Gasteiger partial charge in [-0.2, -0.15) is 0 Å². The van der Waals surface area contributed by atoms with Crippen LogP contribution < -0.4 is 10.2 Å². The number of aliphatic hydroxyl groups is 1. The maximum atomic E-state index is 10.7. The fourth-order valence-electron chi connectivity index (χ4n) is 2.59. The van der Waals surface area contributed by atoms with Gasteiger partial charge in [-0.3, -0.25) is 0 Å². The fourth-order valence-corrected chi connectivity index (χ4v) is 2.72. The molecular weight excluding hydrogens is 296 g/mol. The number of halogens is 1. The Morgan fingerprint density at radius 2 is 1.73 bits per heavy atom. The number of benzene rings is 2. The summed E-state index contributed by atoms with van der Waals surface area (Å²) in [6, 6.07) is 17.6. The lowest BCUT2D eigenvalue weighted by Crippen LogP contribution is -2.40. The Hall–Kier alpha value is -1.55. The van der Waals surface area contributed by atoms with Gasteiger partial charge in [-0.1, -0.05) is 48.9 Å². The second-order valence-corrected chi connectivity index (χ2v) is 5.75. The second-order valence-electron chi connectivity index (χ2n) is 5.32. The van der Waals surface area contributed by atoms with Crippen molar-refractivity contribution in [2.75, 3.05) is 25.0 Å². The van der Waals surface area contributed by atoms with E-state index in [0.717, 1.165) is 17.8 Å². The molecule has 2 unspecified atom stereocenters. The van der Waals surface area contributed by atoms with E-state index in [0.29, 0.717) is 11.6 Å². The molecule has 3 nitrogen and oxygen atoms in total. The summed E-state index contributed by atoms with van der Waals surface area (Å²) in [5.41, 5.74) is 2.11. The lowest BCUT2D eigenvalue weighted by molar-refractivity contribution is 0.141. The van der Waals surface area contributed by atoms with E-state index in [1.54, 1.807) is 0 Å². The first-order valence-electron chi connectivity index (χ1n) is 7.55. The summed E-state index contributed by atoms with van der Waals surface area (Å²) in [6.45, 7) is 3.41. The van der Waals surface area contributed by atoms with Crippen LogP contribution in [-0.2, 0) is 0 Å². The van der Waals surface area contributed by atoms with Gasteiger partial charge in [0.15, 0.2) is 0 Å². The number of likely N-dealkylation sites (N-methyl/N-ethyl adjacent to an activating group) is 2. The molecule has 0 spiro atoms. The summed E-state index contributed by atoms with van der Waals surface area (Å²) < 4.78 is 0. The van der Waals surface area contributed by atoms with Crippen molar-refractivity contribution in [1.29, 1.82) is 0 Å². The van der Waals surface area contributed by atoms with Crippen molar-refractivity contribution >= 4 is 17.3 Å². The topological polar surface area (TPSA) is 35.5 Å². The molecule has 0 fully saturated rings. The SMILES string of the molecule is CCNCC(O)C(c1ccc(Cl)cc1)N(C)c1ccccc1. The maximum Gasteiger partial charge on any atom is 0.0909 e. The zero-order chi connectivity index (χ0) is 15.9. The number of aliphatic hydroxyl groups excluding tert-OH is 1. The molecule has 4 heteroatoms. The maximum absolute atomic E-state index is 10.7. The molecule has 0 aromatic heterocycles. The first kappa shape index (κ1) is 16.8. The molecule has 0 amide bonds. The summed E-state index contributed by atoms with van der Waals surface area (Å²) in [5.74, 6) is 0. The number of anilines is 1. The van der Waals surface area contributed by atoms with Crippen LogP contribution in [0.2, 0.25) is 5.02 Å². The van der Waals surface area contributed by atoms with E-state index in [9.17, 15) is 5.11 Å². The fraction of sp³-hybridized carbons (Fsp3) is 0.333. The van der Waals surface area contributed by atoms with E-state index in [1.165, 1.54) is 0 Å². The highest BCUT2D eigenvalue weighted by Crippen LogP contribution is 2.29. The standard InChI is InChI=1S/C18H23ClN2O/c1-3-20-13-17(22)18(14-9-11-15(19)12-10-14)21(2)16-7-5-4-6-8-16/h4-12,17-18,20,22H,3,13H2,1-2H3. The van der Waals surface area contributed by atoms with Gasteiger partial charge in [0.25, 0.3) is 0 Å². The largest absolute Gasteiger partial charge is 0.389 e. The number of hydrogen-bond donors (Lipinski definition) is 2. The van der Waals surface area contributed by atoms with Crippen molar-refractivity contribution in [3.8, 4) is 0 Å². The molecule has 0 radical (unpaired) electrons. The lowest BCUT2D eigenvalue weighted by atomic mass is 9.99. The molecule has 2 aromatic rings. The highest BCUT2D eigenvalue weighted by molar-refractivity contribution is 6.30. The van der Waals surface area contributed by atoms with Crippen molar-refractivity contribution < 1.29 is 5.11 Å². The van der Waals surface area contributed by atoms with Crippen LogP contribution in [0.5, 0.6) is 0 Å². The van der Waals surface area contributed by atoms with Gasteiger partial charge in [0.05, 0.1) is 12.1 Å². The molecule has 22 heavy (non-hydrogen) atoms. The third-order valence-electron chi connectivity index (χ3n) is 3.76. The minimum Gasteiger partial charge on any atom is -0.389 e. The van der Waals surface area contributed by atoms with Crippen LogP contribution in [0.25, 0.3) is 0 Å². The Labute approximate surface area is 137 Å². The number of para-hydroxylation sites is 1. The van der Waals surface area contributed by atoms with Crippen molar-refractivity contribution in [3.05, 3.63) is 65.2 Å². The smallest absolute Gasteiger partial charge is 0.0909 e. The molecule has 2 N–H and O–H groups in total. The summed E-state index contributed by atoms with van der Waals surface area (Å²) in [4.78, 5) is 2.10. The lowest BCUT2D eigenvalue weighted by Gasteiger charge is -2.34. The molecule has 0 aliphatic heterocycles. The molecule has 0 heterocycles. The molecule has 0 saturated heterocycles. The average molecular weight is 319 g/mol. The molecule has 118 valence electrons. The Bertz CT molecular complexity index is 559. The monoisotopic (exact) mass is 318 g/mol. The van der Waals surface area contributed by atoms with Gasteiger partial charge < -0.3 is 15.3 Å². The van der Waals surface area contributed by atoms with Crippen LogP contribution in [-0.4, -0.2) is 31.3 Å². The molecule has 2 rings (SSSR count). The summed E-state index contributed by atoms with van der Waals surface area (Å²) >= 11 is 5.99. The summed E-state index contributed by atoms with van der Waals surface area (Å²) in [5, 5.41) is 14.6. The van der Waals surface area contributed by atoms with Crippen LogP contribution >= 0.6 is 11.6 Å². The van der Waals surface area contributed by atoms with Crippen molar-refractivity contribution in [2.24, 2.45) is 0 Å². The van der Waals surface area contributed by atoms with E-state index in [4.69, 9.17) is 11.6 Å². The molecule has 0 bridgehead atoms. The summed E-state index contributed by atoms with van der Waals surface area (Å²) in [6.07, 6.45) is -0.522. The molecule has 2 atom stereocenters. The Morgan fingerprint density at radius 3 is 2.32 bits per heavy atom. The van der Waals surface area contributed by atoms with E-state index in [2.05, 4.69) is 10.2 Å². The van der Waals surface area contributed by atoms with Crippen LogP contribution in [0.15, 0.2) is 54.6 Å². The number of rotatable bonds is 7. The third kappa shape index (κ3) is 4.23. The predicted molar refractivity (Wildman–Crippen MR) is 93.6 cm³/mol. The quantitative estimate of drug-likeness (QED) is 0.820. The summed E-state index contributed by atoms with van der Waals surface area (Å²) in [7, 11) is 2.00. The Balaban J connectivity index is 2.30. The van der Waals surface area contributed by atoms with E-state index in [-0.39, 0.29) is 6.04 Å². The highest BCUT2D eigenvalue weighted by Gasteiger charge is 2.25. The molecule has 0 aliphatic carbocycles. The van der Waals surface area contributed by atoms with E-state index >= 15 is 0 Å². The van der Waals surface area contributed by atoms with E-state index in [1.807, 2.05) is 68.6 Å². The molecule has 2 aromatic carbocycles. The first-order valence-corrected chi connectivity index (χ1v) is 7.93. The van der Waals surface area contributed by atoms with Gasteiger partial charge in [-0.05, 0) is 36.4 Å². The van der Waals surface area contributed by atoms with Crippen LogP contribution in [0.4, 0.5) is 5.69 Å². The number of nitrogens with zero attached hydrogens (tertiary/aromatic N) is 1. The normalized spacial score (nSPS) is 13.6. The first-order chi connectivity index (χ1) is 10.6. The predicted octanol–water partition coefficient (Wildman–Crippen LogP) is 3.49. The number of nitrogens with one attached hydrogen (secondary N) is 1. The Morgan fingerprint density at radius 1 is 1.09 bits per heavy atom. The van der Waals surface area contributed by atoms with Crippen LogP contribution in [0.1, 0.15) is 18.5 Å². The van der Waals surface area contributed by atoms with Gasteiger partial charge in [0.2, 0.25) is 0 Å². The van der Waals surface area contributed by atoms with Gasteiger partial charge in [-0.15, -0.1) is 0 Å². The number of hydrogen-bond acceptors (Lipinski definition) is 3. The zero-order valence-corrected chi connectivity index (χ0v) is 13.8. The highest BCUT2D eigenvalue weighted by atomic mass is 35.5. The third-order valence-corrected chi connectivity index (χ3v) is 4.01. The molecule has 0 aliphatic rings.